The van der Waals surface area contributed by atoms with E-state index in [4.69, 9.17) is 5.11 Å². The lowest BCUT2D eigenvalue weighted by atomic mass is 9.68. The maximum atomic E-state index is 11.0. The van der Waals surface area contributed by atoms with Crippen LogP contribution in [0.1, 0.15) is 63.0 Å². The van der Waals surface area contributed by atoms with Crippen LogP contribution in [0.4, 0.5) is 0 Å². The fourth-order valence-electron chi connectivity index (χ4n) is 3.65. The Morgan fingerprint density at radius 1 is 0.808 bits per heavy atom. The molecule has 0 saturated carbocycles. The van der Waals surface area contributed by atoms with Crippen LogP contribution in [0.25, 0.3) is 0 Å². The van der Waals surface area contributed by atoms with Gasteiger partial charge in [0.1, 0.15) is 11.5 Å². The number of carboxylic acids is 1. The molecule has 0 radical (unpaired) electrons. The van der Waals surface area contributed by atoms with Crippen molar-refractivity contribution in [1.82, 2.24) is 0 Å². The summed E-state index contributed by atoms with van der Waals surface area (Å²) in [5.74, 6) is -0.358. The quantitative estimate of drug-likeness (QED) is 0.510. The summed E-state index contributed by atoms with van der Waals surface area (Å²) in [5, 5.41) is 28.4. The zero-order chi connectivity index (χ0) is 19.0. The number of benzene rings is 2. The van der Waals surface area contributed by atoms with E-state index in [1.807, 2.05) is 24.3 Å². The molecule has 26 heavy (non-hydrogen) atoms. The predicted octanol–water partition coefficient (Wildman–Crippen LogP) is 5.22. The summed E-state index contributed by atoms with van der Waals surface area (Å²) >= 11 is 0. The topological polar surface area (TPSA) is 77.8 Å². The molecule has 4 nitrogen and oxygen atoms in total. The first-order chi connectivity index (χ1) is 12.5. The zero-order valence-electron chi connectivity index (χ0n) is 15.3. The number of hydrogen-bond donors (Lipinski definition) is 3. The van der Waals surface area contributed by atoms with Crippen molar-refractivity contribution < 1.29 is 20.1 Å². The van der Waals surface area contributed by atoms with Gasteiger partial charge in [0.25, 0.3) is 0 Å². The molecule has 4 heteroatoms. The summed E-state index contributed by atoms with van der Waals surface area (Å²) in [6, 6.07) is 14.4. The van der Waals surface area contributed by atoms with Crippen LogP contribution in [-0.2, 0) is 10.2 Å². The highest BCUT2D eigenvalue weighted by Gasteiger charge is 2.33. The highest BCUT2D eigenvalue weighted by atomic mass is 16.4. The summed E-state index contributed by atoms with van der Waals surface area (Å²) in [4.78, 5) is 11.0. The van der Waals surface area contributed by atoms with E-state index >= 15 is 0 Å². The van der Waals surface area contributed by atoms with Crippen molar-refractivity contribution in [2.24, 2.45) is 0 Å². The smallest absolute Gasteiger partial charge is 0.303 e. The van der Waals surface area contributed by atoms with Crippen molar-refractivity contribution >= 4 is 5.97 Å². The van der Waals surface area contributed by atoms with Gasteiger partial charge in [0, 0.05) is 11.8 Å². The van der Waals surface area contributed by atoms with Crippen LogP contribution in [0.3, 0.4) is 0 Å². The minimum Gasteiger partial charge on any atom is -0.508 e. The second-order valence-electron chi connectivity index (χ2n) is 6.88. The van der Waals surface area contributed by atoms with Gasteiger partial charge >= 0.3 is 5.97 Å². The standard InChI is InChI=1S/C22H28O4/c1-2-3-4-15-22(16-5-6-21(25)26,17-7-11-19(23)12-8-17)18-9-13-20(24)14-10-18/h7-14,23-24H,2-6,15-16H2,1H3,(H,25,26). The van der Waals surface area contributed by atoms with Gasteiger partial charge < -0.3 is 15.3 Å². The number of rotatable bonds is 10. The van der Waals surface area contributed by atoms with Gasteiger partial charge in [-0.15, -0.1) is 0 Å². The van der Waals surface area contributed by atoms with Gasteiger partial charge in [0.15, 0.2) is 0 Å². The molecule has 0 heterocycles. The highest BCUT2D eigenvalue weighted by Crippen LogP contribution is 2.42. The number of unbranched alkanes of at least 4 members (excludes halogenated alkanes) is 2. The second kappa shape index (κ2) is 9.27. The highest BCUT2D eigenvalue weighted by molar-refractivity contribution is 5.66. The lowest BCUT2D eigenvalue weighted by Gasteiger charge is -2.36. The molecule has 0 bridgehead atoms. The maximum absolute atomic E-state index is 11.0. The van der Waals surface area contributed by atoms with E-state index in [1.165, 1.54) is 0 Å². The van der Waals surface area contributed by atoms with Crippen molar-refractivity contribution in [2.45, 2.75) is 57.3 Å². The molecule has 0 aliphatic rings. The summed E-state index contributed by atoms with van der Waals surface area (Å²) in [5.41, 5.74) is 1.82. The summed E-state index contributed by atoms with van der Waals surface area (Å²) in [7, 11) is 0. The van der Waals surface area contributed by atoms with E-state index < -0.39 is 5.97 Å². The molecule has 2 aromatic rings. The van der Waals surface area contributed by atoms with E-state index in [2.05, 4.69) is 6.92 Å². The Morgan fingerprint density at radius 3 is 1.69 bits per heavy atom. The normalized spacial score (nSPS) is 11.4. The van der Waals surface area contributed by atoms with Crippen molar-refractivity contribution in [3.8, 4) is 11.5 Å². The van der Waals surface area contributed by atoms with Gasteiger partial charge in [-0.3, -0.25) is 4.79 Å². The van der Waals surface area contributed by atoms with Crippen LogP contribution in [0, 0.1) is 0 Å². The van der Waals surface area contributed by atoms with Gasteiger partial charge in [-0.25, -0.2) is 0 Å². The van der Waals surface area contributed by atoms with Crippen molar-refractivity contribution in [1.29, 1.82) is 0 Å². The average molecular weight is 356 g/mol. The van der Waals surface area contributed by atoms with Gasteiger partial charge in [-0.05, 0) is 54.7 Å². The molecular weight excluding hydrogens is 328 g/mol. The largest absolute Gasteiger partial charge is 0.508 e. The number of aromatic hydroxyl groups is 2. The molecule has 3 N–H and O–H groups in total. The molecular formula is C22H28O4. The van der Waals surface area contributed by atoms with Crippen molar-refractivity contribution in [3.05, 3.63) is 59.7 Å². The molecule has 140 valence electrons. The van der Waals surface area contributed by atoms with Gasteiger partial charge in [-0.2, -0.15) is 0 Å². The maximum Gasteiger partial charge on any atom is 0.303 e. The van der Waals surface area contributed by atoms with Gasteiger partial charge in [0.2, 0.25) is 0 Å². The number of phenols is 2. The van der Waals surface area contributed by atoms with E-state index in [1.54, 1.807) is 24.3 Å². The molecule has 0 spiro atoms. The molecule has 0 aromatic heterocycles. The van der Waals surface area contributed by atoms with Crippen LogP contribution in [-0.4, -0.2) is 21.3 Å². The first-order valence-corrected chi connectivity index (χ1v) is 9.29. The molecule has 0 aliphatic heterocycles. The van der Waals surface area contributed by atoms with E-state index in [-0.39, 0.29) is 23.3 Å². The van der Waals surface area contributed by atoms with E-state index in [9.17, 15) is 15.0 Å². The van der Waals surface area contributed by atoms with Crippen LogP contribution >= 0.6 is 0 Å². The SMILES string of the molecule is CCCCCC(CCCC(=O)O)(c1ccc(O)cc1)c1ccc(O)cc1. The summed E-state index contributed by atoms with van der Waals surface area (Å²) in [6.07, 6.45) is 5.56. The van der Waals surface area contributed by atoms with Crippen molar-refractivity contribution in [2.75, 3.05) is 0 Å². The predicted molar refractivity (Wildman–Crippen MR) is 103 cm³/mol. The molecule has 0 unspecified atom stereocenters. The van der Waals surface area contributed by atoms with E-state index in [0.29, 0.717) is 12.8 Å². The third kappa shape index (κ3) is 5.01. The molecule has 2 aromatic carbocycles. The van der Waals surface area contributed by atoms with Crippen LogP contribution in [0.5, 0.6) is 11.5 Å². The number of carbonyl (C=O) groups is 1. The van der Waals surface area contributed by atoms with E-state index in [0.717, 1.165) is 36.8 Å². The number of hydrogen-bond acceptors (Lipinski definition) is 3. The Labute approximate surface area is 155 Å². The van der Waals surface area contributed by atoms with Crippen molar-refractivity contribution in [3.63, 3.8) is 0 Å². The molecule has 0 fully saturated rings. The Hall–Kier alpha value is -2.49. The minimum atomic E-state index is -0.788. The van der Waals surface area contributed by atoms with Crippen LogP contribution in [0.2, 0.25) is 0 Å². The van der Waals surface area contributed by atoms with Gasteiger partial charge in [0.05, 0.1) is 0 Å². The molecule has 0 atom stereocenters. The summed E-state index contributed by atoms with van der Waals surface area (Å²) < 4.78 is 0. The molecule has 2 rings (SSSR count). The fourth-order valence-corrected chi connectivity index (χ4v) is 3.65. The first-order valence-electron chi connectivity index (χ1n) is 9.29. The molecule has 0 aliphatic carbocycles. The van der Waals surface area contributed by atoms with Gasteiger partial charge in [-0.1, -0.05) is 50.5 Å². The third-order valence-corrected chi connectivity index (χ3v) is 5.04. The molecule has 0 saturated heterocycles. The summed E-state index contributed by atoms with van der Waals surface area (Å²) in [6.45, 7) is 2.16. The first kappa shape index (κ1) is 19.8. The number of carboxylic acid groups (broad SMARTS) is 1. The Kier molecular flexibility index (Phi) is 7.07. The third-order valence-electron chi connectivity index (χ3n) is 5.04. The Balaban J connectivity index is 2.46. The lowest BCUT2D eigenvalue weighted by Crippen LogP contribution is -2.28. The average Bonchev–Trinajstić information content (AvgIpc) is 2.62. The number of phenolic OH excluding ortho intramolecular Hbond substituents is 2. The number of aliphatic carboxylic acids is 1. The zero-order valence-corrected chi connectivity index (χ0v) is 15.3. The Bertz CT molecular complexity index is 644. The minimum absolute atomic E-state index is 0.131. The van der Waals surface area contributed by atoms with Crippen LogP contribution < -0.4 is 0 Å². The Morgan fingerprint density at radius 2 is 1.27 bits per heavy atom. The second-order valence-corrected chi connectivity index (χ2v) is 6.88. The molecule has 0 amide bonds. The lowest BCUT2D eigenvalue weighted by molar-refractivity contribution is -0.137. The van der Waals surface area contributed by atoms with Crippen LogP contribution in [0.15, 0.2) is 48.5 Å². The fraction of sp³-hybridized carbons (Fsp3) is 0.409. The monoisotopic (exact) mass is 356 g/mol.